The van der Waals surface area contributed by atoms with Gasteiger partial charge in [-0.2, -0.15) is 0 Å². The summed E-state index contributed by atoms with van der Waals surface area (Å²) in [6.07, 6.45) is 18.5. The molecule has 188 valence electrons. The van der Waals surface area contributed by atoms with Crippen LogP contribution in [0.15, 0.2) is 0 Å². The van der Waals surface area contributed by atoms with Crippen LogP contribution < -0.4 is 5.32 Å². The minimum Gasteiger partial charge on any atom is -0.466 e. The van der Waals surface area contributed by atoms with E-state index in [2.05, 4.69) is 19.2 Å². The van der Waals surface area contributed by atoms with Gasteiger partial charge in [-0.05, 0) is 57.0 Å². The molecule has 32 heavy (non-hydrogen) atoms. The number of nitrogens with one attached hydrogen (secondary N) is 1. The zero-order chi connectivity index (χ0) is 23.3. The van der Waals surface area contributed by atoms with Crippen LogP contribution in [-0.2, 0) is 19.1 Å². The van der Waals surface area contributed by atoms with Crippen molar-refractivity contribution in [2.75, 3.05) is 26.3 Å². The molecule has 1 N–H and O–H groups in total. The average molecular weight is 454 g/mol. The van der Waals surface area contributed by atoms with Gasteiger partial charge in [-0.3, -0.25) is 9.59 Å². The van der Waals surface area contributed by atoms with E-state index in [0.29, 0.717) is 25.0 Å². The van der Waals surface area contributed by atoms with E-state index in [1.54, 1.807) is 0 Å². The van der Waals surface area contributed by atoms with Crippen LogP contribution in [0, 0.1) is 11.8 Å². The Morgan fingerprint density at radius 3 is 1.94 bits per heavy atom. The summed E-state index contributed by atoms with van der Waals surface area (Å²) in [5.41, 5.74) is 0. The molecule has 0 aromatic carbocycles. The quantitative estimate of drug-likeness (QED) is 0.167. The fourth-order valence-electron chi connectivity index (χ4n) is 4.45. The number of carbonyl (C=O) groups excluding carboxylic acids is 2. The molecule has 1 atom stereocenters. The summed E-state index contributed by atoms with van der Waals surface area (Å²) in [7, 11) is 0. The first-order chi connectivity index (χ1) is 15.7. The molecule has 0 saturated carbocycles. The summed E-state index contributed by atoms with van der Waals surface area (Å²) in [5.74, 6) is 0.565. The van der Waals surface area contributed by atoms with Gasteiger partial charge in [0.1, 0.15) is 0 Å². The van der Waals surface area contributed by atoms with Crippen LogP contribution in [0.1, 0.15) is 123 Å². The van der Waals surface area contributed by atoms with Crippen molar-refractivity contribution in [3.05, 3.63) is 0 Å². The first kappa shape index (κ1) is 28.9. The van der Waals surface area contributed by atoms with Crippen LogP contribution in [0.4, 0.5) is 0 Å². The molecular formula is C27H51NO4. The third-order valence-corrected chi connectivity index (χ3v) is 6.69. The van der Waals surface area contributed by atoms with E-state index < -0.39 is 0 Å². The van der Waals surface area contributed by atoms with Crippen molar-refractivity contribution in [1.29, 1.82) is 0 Å². The van der Waals surface area contributed by atoms with Crippen molar-refractivity contribution in [3.8, 4) is 0 Å². The van der Waals surface area contributed by atoms with Gasteiger partial charge in [-0.15, -0.1) is 0 Å². The number of ether oxygens (including phenoxy) is 2. The SMILES string of the molecule is CCCCCCCCC(CCCCCC)COC(=O)CCC(=O)OCCC1CCNCC1. The van der Waals surface area contributed by atoms with E-state index in [1.165, 1.54) is 64.2 Å². The Kier molecular flexibility index (Phi) is 18.5. The summed E-state index contributed by atoms with van der Waals surface area (Å²) in [4.78, 5) is 24.1. The molecule has 1 saturated heterocycles. The number of unbranched alkanes of at least 4 members (excludes halogenated alkanes) is 8. The van der Waals surface area contributed by atoms with E-state index >= 15 is 0 Å². The molecule has 0 amide bonds. The van der Waals surface area contributed by atoms with Crippen molar-refractivity contribution in [2.24, 2.45) is 11.8 Å². The van der Waals surface area contributed by atoms with Gasteiger partial charge in [-0.1, -0.05) is 78.1 Å². The normalized spacial score (nSPS) is 15.4. The van der Waals surface area contributed by atoms with E-state index in [-0.39, 0.29) is 24.8 Å². The van der Waals surface area contributed by atoms with Crippen LogP contribution >= 0.6 is 0 Å². The van der Waals surface area contributed by atoms with Gasteiger partial charge in [0, 0.05) is 0 Å². The molecule has 1 fully saturated rings. The topological polar surface area (TPSA) is 64.6 Å². The van der Waals surface area contributed by atoms with Gasteiger partial charge in [0.15, 0.2) is 0 Å². The summed E-state index contributed by atoms with van der Waals surface area (Å²) in [6.45, 7) is 7.57. The Balaban J connectivity index is 2.16. The van der Waals surface area contributed by atoms with Crippen molar-refractivity contribution in [2.45, 2.75) is 123 Å². The Bertz CT molecular complexity index is 463. The van der Waals surface area contributed by atoms with Gasteiger partial charge in [0.2, 0.25) is 0 Å². The fourth-order valence-corrected chi connectivity index (χ4v) is 4.45. The Hall–Kier alpha value is -1.10. The molecule has 1 unspecified atom stereocenters. The molecule has 1 rings (SSSR count). The predicted molar refractivity (Wildman–Crippen MR) is 132 cm³/mol. The second kappa shape index (κ2) is 20.5. The highest BCUT2D eigenvalue weighted by atomic mass is 16.5. The monoisotopic (exact) mass is 453 g/mol. The molecule has 1 aliphatic heterocycles. The summed E-state index contributed by atoms with van der Waals surface area (Å²) in [5, 5.41) is 3.35. The third kappa shape index (κ3) is 16.5. The van der Waals surface area contributed by atoms with Gasteiger partial charge in [0.05, 0.1) is 26.1 Å². The first-order valence-corrected chi connectivity index (χ1v) is 13.7. The second-order valence-corrected chi connectivity index (χ2v) is 9.66. The molecular weight excluding hydrogens is 402 g/mol. The van der Waals surface area contributed by atoms with E-state index in [9.17, 15) is 9.59 Å². The lowest BCUT2D eigenvalue weighted by atomic mass is 9.95. The number of carbonyl (C=O) groups is 2. The largest absolute Gasteiger partial charge is 0.466 e. The lowest BCUT2D eigenvalue weighted by Crippen LogP contribution is -2.28. The molecule has 1 heterocycles. The molecule has 0 spiro atoms. The second-order valence-electron chi connectivity index (χ2n) is 9.66. The van der Waals surface area contributed by atoms with Crippen LogP contribution in [0.2, 0.25) is 0 Å². The Morgan fingerprint density at radius 1 is 0.781 bits per heavy atom. The number of hydrogen-bond donors (Lipinski definition) is 1. The maximum Gasteiger partial charge on any atom is 0.306 e. The van der Waals surface area contributed by atoms with E-state index in [4.69, 9.17) is 9.47 Å². The third-order valence-electron chi connectivity index (χ3n) is 6.69. The summed E-state index contributed by atoms with van der Waals surface area (Å²) in [6, 6.07) is 0. The van der Waals surface area contributed by atoms with Crippen molar-refractivity contribution in [1.82, 2.24) is 5.32 Å². The lowest BCUT2D eigenvalue weighted by molar-refractivity contribution is -0.151. The summed E-state index contributed by atoms with van der Waals surface area (Å²) < 4.78 is 10.9. The highest BCUT2D eigenvalue weighted by molar-refractivity contribution is 5.77. The minimum atomic E-state index is -0.279. The maximum atomic E-state index is 12.2. The maximum absolute atomic E-state index is 12.2. The molecule has 5 nitrogen and oxygen atoms in total. The van der Waals surface area contributed by atoms with Crippen LogP contribution in [0.5, 0.6) is 0 Å². The van der Waals surface area contributed by atoms with E-state index in [0.717, 1.165) is 45.2 Å². The lowest BCUT2D eigenvalue weighted by Gasteiger charge is -2.22. The zero-order valence-corrected chi connectivity index (χ0v) is 21.1. The highest BCUT2D eigenvalue weighted by Gasteiger charge is 2.16. The molecule has 0 aromatic rings. The highest BCUT2D eigenvalue weighted by Crippen LogP contribution is 2.20. The molecule has 0 aliphatic carbocycles. The van der Waals surface area contributed by atoms with Gasteiger partial charge >= 0.3 is 11.9 Å². The van der Waals surface area contributed by atoms with Crippen LogP contribution in [0.3, 0.4) is 0 Å². The standard InChI is InChI=1S/C27H51NO4/c1-3-5-7-9-10-12-14-25(13-11-8-6-4-2)23-32-27(30)16-15-26(29)31-22-19-24-17-20-28-21-18-24/h24-25,28H,3-23H2,1-2H3. The molecule has 5 heteroatoms. The number of rotatable bonds is 20. The number of esters is 2. The van der Waals surface area contributed by atoms with Gasteiger partial charge in [0.25, 0.3) is 0 Å². The van der Waals surface area contributed by atoms with Crippen LogP contribution in [-0.4, -0.2) is 38.2 Å². The van der Waals surface area contributed by atoms with Crippen LogP contribution in [0.25, 0.3) is 0 Å². The Morgan fingerprint density at radius 2 is 1.31 bits per heavy atom. The van der Waals surface area contributed by atoms with Crippen molar-refractivity contribution < 1.29 is 19.1 Å². The number of piperidine rings is 1. The smallest absolute Gasteiger partial charge is 0.306 e. The zero-order valence-electron chi connectivity index (χ0n) is 21.1. The minimum absolute atomic E-state index is 0.129. The average Bonchev–Trinajstić information content (AvgIpc) is 2.81. The predicted octanol–water partition coefficient (Wildman–Crippen LogP) is 6.58. The van der Waals surface area contributed by atoms with E-state index in [1.807, 2.05) is 0 Å². The molecule has 0 aromatic heterocycles. The summed E-state index contributed by atoms with van der Waals surface area (Å²) >= 11 is 0. The molecule has 0 bridgehead atoms. The van der Waals surface area contributed by atoms with Crippen molar-refractivity contribution >= 4 is 11.9 Å². The molecule has 0 radical (unpaired) electrons. The number of hydrogen-bond acceptors (Lipinski definition) is 5. The van der Waals surface area contributed by atoms with Crippen molar-refractivity contribution in [3.63, 3.8) is 0 Å². The Labute approximate surface area is 197 Å². The van der Waals surface area contributed by atoms with Gasteiger partial charge < -0.3 is 14.8 Å². The van der Waals surface area contributed by atoms with Gasteiger partial charge in [-0.25, -0.2) is 0 Å². The molecule has 1 aliphatic rings. The fraction of sp³-hybridized carbons (Fsp3) is 0.926. The first-order valence-electron chi connectivity index (χ1n) is 13.7.